The highest BCUT2D eigenvalue weighted by atomic mass is 32.2. The van der Waals surface area contributed by atoms with E-state index in [0.717, 1.165) is 0 Å². The molecule has 0 aliphatic carbocycles. The Kier molecular flexibility index (Phi) is 4.76. The lowest BCUT2D eigenvalue weighted by atomic mass is 10.2. The Hall–Kier alpha value is -2.42. The van der Waals surface area contributed by atoms with Crippen molar-refractivity contribution in [3.05, 3.63) is 24.3 Å². The number of rotatable bonds is 5. The molecule has 2 aromatic rings. The molecule has 0 aliphatic rings. The molecule has 1 heterocycles. The second kappa shape index (κ2) is 6.56. The summed E-state index contributed by atoms with van der Waals surface area (Å²) in [4.78, 5) is 19.4. The van der Waals surface area contributed by atoms with Crippen LogP contribution >= 0.6 is 0 Å². The number of amides is 2. The maximum Gasteiger partial charge on any atom is 0.333 e. The number of hydrogen-bond donors (Lipinski definition) is 3. The molecular weight excluding hydrogens is 306 g/mol. The second-order valence-electron chi connectivity index (χ2n) is 4.52. The minimum atomic E-state index is -3.56. The third-order valence-electron chi connectivity index (χ3n) is 2.86. The van der Waals surface area contributed by atoms with Gasteiger partial charge in [0.2, 0.25) is 15.0 Å². The van der Waals surface area contributed by atoms with Crippen molar-refractivity contribution < 1.29 is 13.2 Å². The van der Waals surface area contributed by atoms with Crippen LogP contribution in [-0.4, -0.2) is 37.2 Å². The fourth-order valence-electron chi connectivity index (χ4n) is 1.83. The van der Waals surface area contributed by atoms with Gasteiger partial charge < -0.3 is 5.32 Å². The fourth-order valence-corrected chi connectivity index (χ4v) is 3.02. The molecule has 0 saturated carbocycles. The van der Waals surface area contributed by atoms with Gasteiger partial charge >= 0.3 is 6.03 Å². The molecule has 0 radical (unpaired) electrons. The number of urea groups is 1. The van der Waals surface area contributed by atoms with Gasteiger partial charge in [-0.05, 0) is 18.6 Å². The summed E-state index contributed by atoms with van der Waals surface area (Å²) in [6.07, 6.45) is 0.470. The molecule has 3 N–H and O–H groups in total. The standard InChI is InChI=1S/C13H17N5O3S/c1-3-8-22(20,21)13-15-10-7-5-4-6-9(10)11(16-13)17-18-12(19)14-2/h4-7H,3,8H2,1-2H3,(H2,14,18,19)(H,15,16,17). The van der Waals surface area contributed by atoms with Crippen molar-refractivity contribution in [1.29, 1.82) is 0 Å². The Bertz CT molecular complexity index is 791. The molecular formula is C13H17N5O3S. The molecule has 22 heavy (non-hydrogen) atoms. The smallest absolute Gasteiger partial charge is 0.333 e. The maximum atomic E-state index is 12.2. The summed E-state index contributed by atoms with van der Waals surface area (Å²) >= 11 is 0. The number of nitrogens with one attached hydrogen (secondary N) is 3. The van der Waals surface area contributed by atoms with E-state index in [9.17, 15) is 13.2 Å². The van der Waals surface area contributed by atoms with E-state index in [0.29, 0.717) is 17.3 Å². The number of carbonyl (C=O) groups is 1. The van der Waals surface area contributed by atoms with Gasteiger partial charge in [0, 0.05) is 12.4 Å². The van der Waals surface area contributed by atoms with Crippen molar-refractivity contribution in [2.24, 2.45) is 0 Å². The van der Waals surface area contributed by atoms with Crippen LogP contribution in [0.15, 0.2) is 29.4 Å². The minimum Gasteiger partial charge on any atom is -0.340 e. The van der Waals surface area contributed by atoms with Crippen LogP contribution in [0.4, 0.5) is 10.6 Å². The Morgan fingerprint density at radius 2 is 1.95 bits per heavy atom. The highest BCUT2D eigenvalue weighted by molar-refractivity contribution is 7.91. The third kappa shape index (κ3) is 3.42. The number of aromatic nitrogens is 2. The van der Waals surface area contributed by atoms with Crippen molar-refractivity contribution in [2.75, 3.05) is 18.2 Å². The average molecular weight is 323 g/mol. The summed E-state index contributed by atoms with van der Waals surface area (Å²) in [6.45, 7) is 1.77. The van der Waals surface area contributed by atoms with Crippen LogP contribution in [0, 0.1) is 0 Å². The maximum absolute atomic E-state index is 12.2. The number of anilines is 1. The van der Waals surface area contributed by atoms with Gasteiger partial charge in [-0.1, -0.05) is 19.1 Å². The van der Waals surface area contributed by atoms with Gasteiger partial charge in [0.25, 0.3) is 0 Å². The summed E-state index contributed by atoms with van der Waals surface area (Å²) < 4.78 is 24.3. The predicted octanol–water partition coefficient (Wildman–Crippen LogP) is 1.07. The Morgan fingerprint density at radius 1 is 1.23 bits per heavy atom. The molecule has 0 fully saturated rings. The molecule has 2 amide bonds. The topological polar surface area (TPSA) is 113 Å². The molecule has 9 heteroatoms. The summed E-state index contributed by atoms with van der Waals surface area (Å²) in [5, 5.41) is 2.72. The lowest BCUT2D eigenvalue weighted by Gasteiger charge is -2.11. The predicted molar refractivity (Wildman–Crippen MR) is 83.1 cm³/mol. The zero-order chi connectivity index (χ0) is 16.2. The average Bonchev–Trinajstić information content (AvgIpc) is 2.51. The van der Waals surface area contributed by atoms with Crippen molar-refractivity contribution in [2.45, 2.75) is 18.5 Å². The van der Waals surface area contributed by atoms with E-state index in [2.05, 4.69) is 26.1 Å². The highest BCUT2D eigenvalue weighted by Crippen LogP contribution is 2.21. The monoisotopic (exact) mass is 323 g/mol. The molecule has 0 spiro atoms. The van der Waals surface area contributed by atoms with Gasteiger partial charge in [-0.3, -0.25) is 10.9 Å². The number of fused-ring (bicyclic) bond motifs is 1. The largest absolute Gasteiger partial charge is 0.340 e. The number of carbonyl (C=O) groups excluding carboxylic acids is 1. The Balaban J connectivity index is 2.50. The van der Waals surface area contributed by atoms with Crippen LogP contribution in [0.3, 0.4) is 0 Å². The number of hydrogen-bond acceptors (Lipinski definition) is 6. The Labute approximate surface area is 128 Å². The molecule has 0 atom stereocenters. The highest BCUT2D eigenvalue weighted by Gasteiger charge is 2.19. The zero-order valence-corrected chi connectivity index (χ0v) is 13.1. The molecule has 0 saturated heterocycles. The van der Waals surface area contributed by atoms with E-state index >= 15 is 0 Å². The van der Waals surface area contributed by atoms with E-state index < -0.39 is 15.9 Å². The van der Waals surface area contributed by atoms with E-state index in [4.69, 9.17) is 0 Å². The SMILES string of the molecule is CCCS(=O)(=O)c1nc(NNC(=O)NC)c2ccccc2n1. The zero-order valence-electron chi connectivity index (χ0n) is 12.3. The molecule has 1 aromatic heterocycles. The van der Waals surface area contributed by atoms with Gasteiger partial charge in [0.1, 0.15) is 0 Å². The van der Waals surface area contributed by atoms with Crippen LogP contribution in [0.1, 0.15) is 13.3 Å². The van der Waals surface area contributed by atoms with Crippen molar-refractivity contribution in [3.8, 4) is 0 Å². The van der Waals surface area contributed by atoms with Crippen molar-refractivity contribution in [1.82, 2.24) is 20.7 Å². The number of hydrazine groups is 1. The minimum absolute atomic E-state index is 0.0341. The molecule has 0 aliphatic heterocycles. The van der Waals surface area contributed by atoms with E-state index in [1.54, 1.807) is 31.2 Å². The fraction of sp³-hybridized carbons (Fsp3) is 0.308. The normalized spacial score (nSPS) is 11.2. The molecule has 1 aromatic carbocycles. The van der Waals surface area contributed by atoms with Gasteiger partial charge in [-0.2, -0.15) is 4.98 Å². The quantitative estimate of drug-likeness (QED) is 0.560. The number of sulfone groups is 1. The lowest BCUT2D eigenvalue weighted by Crippen LogP contribution is -2.37. The molecule has 8 nitrogen and oxygen atoms in total. The molecule has 2 rings (SSSR count). The van der Waals surface area contributed by atoms with Gasteiger partial charge in [-0.15, -0.1) is 0 Å². The second-order valence-corrected chi connectivity index (χ2v) is 6.52. The van der Waals surface area contributed by atoms with Gasteiger partial charge in [-0.25, -0.2) is 18.2 Å². The first-order valence-electron chi connectivity index (χ1n) is 6.71. The summed E-state index contributed by atoms with van der Waals surface area (Å²) in [5.41, 5.74) is 5.46. The summed E-state index contributed by atoms with van der Waals surface area (Å²) in [7, 11) is -2.09. The van der Waals surface area contributed by atoms with Crippen LogP contribution in [0.2, 0.25) is 0 Å². The van der Waals surface area contributed by atoms with Gasteiger partial charge in [0.15, 0.2) is 5.82 Å². The molecule has 118 valence electrons. The van der Waals surface area contributed by atoms with E-state index in [1.165, 1.54) is 7.05 Å². The van der Waals surface area contributed by atoms with Crippen molar-refractivity contribution >= 4 is 32.6 Å². The van der Waals surface area contributed by atoms with E-state index in [-0.39, 0.29) is 16.7 Å². The van der Waals surface area contributed by atoms with Crippen LogP contribution in [-0.2, 0) is 9.84 Å². The van der Waals surface area contributed by atoms with Crippen LogP contribution in [0.25, 0.3) is 10.9 Å². The number of benzene rings is 1. The molecule has 0 unspecified atom stereocenters. The first-order valence-corrected chi connectivity index (χ1v) is 8.36. The number of para-hydroxylation sites is 1. The van der Waals surface area contributed by atoms with Crippen molar-refractivity contribution in [3.63, 3.8) is 0 Å². The number of nitrogens with zero attached hydrogens (tertiary/aromatic N) is 2. The summed E-state index contributed by atoms with van der Waals surface area (Å²) in [6, 6.07) is 6.48. The first kappa shape index (κ1) is 16.0. The lowest BCUT2D eigenvalue weighted by molar-refractivity contribution is 0.244. The van der Waals surface area contributed by atoms with E-state index in [1.807, 2.05) is 0 Å². The van der Waals surface area contributed by atoms with Gasteiger partial charge in [0.05, 0.1) is 11.3 Å². The molecule has 0 bridgehead atoms. The Morgan fingerprint density at radius 3 is 2.64 bits per heavy atom. The summed E-state index contributed by atoms with van der Waals surface area (Å²) in [5.74, 6) is 0.192. The third-order valence-corrected chi connectivity index (χ3v) is 4.54. The van der Waals surface area contributed by atoms with Crippen LogP contribution < -0.4 is 16.2 Å². The van der Waals surface area contributed by atoms with Crippen LogP contribution in [0.5, 0.6) is 0 Å². The first-order chi connectivity index (χ1) is 10.5.